The second-order valence-electron chi connectivity index (χ2n) is 6.29. The summed E-state index contributed by atoms with van der Waals surface area (Å²) in [7, 11) is 0. The average molecular weight is 503 g/mol. The van der Waals surface area contributed by atoms with Crippen LogP contribution in [0.3, 0.4) is 0 Å². The van der Waals surface area contributed by atoms with Crippen LogP contribution in [0.1, 0.15) is 23.6 Å². The summed E-state index contributed by atoms with van der Waals surface area (Å²) >= 11 is 16.1. The lowest BCUT2D eigenvalue weighted by molar-refractivity contribution is 0.267. The van der Waals surface area contributed by atoms with Crippen molar-refractivity contribution in [1.82, 2.24) is 0 Å². The number of hydrogen-bond donors (Lipinski definition) is 0. The Balaban J connectivity index is 1.95. The van der Waals surface area contributed by atoms with Crippen LogP contribution in [-0.2, 0) is 6.61 Å². The zero-order chi connectivity index (χ0) is 21.5. The van der Waals surface area contributed by atoms with Crippen LogP contribution in [0.2, 0.25) is 10.0 Å². The largest absolute Gasteiger partial charge is 0.490 e. The molecular weight excluding hydrogens is 485 g/mol. The molecule has 0 amide bonds. The van der Waals surface area contributed by atoms with E-state index in [1.54, 1.807) is 12.1 Å². The highest BCUT2D eigenvalue weighted by atomic mass is 79.9. The van der Waals surface area contributed by atoms with E-state index >= 15 is 0 Å². The first-order chi connectivity index (χ1) is 14.5. The number of nitriles is 1. The molecule has 0 saturated carbocycles. The minimum absolute atomic E-state index is 0.302. The third kappa shape index (κ3) is 5.37. The highest BCUT2D eigenvalue weighted by Crippen LogP contribution is 2.39. The van der Waals surface area contributed by atoms with Gasteiger partial charge in [-0.05, 0) is 58.8 Å². The molecule has 3 aromatic carbocycles. The van der Waals surface area contributed by atoms with Gasteiger partial charge in [-0.2, -0.15) is 5.26 Å². The summed E-state index contributed by atoms with van der Waals surface area (Å²) < 4.78 is 12.5. The summed E-state index contributed by atoms with van der Waals surface area (Å²) in [6.45, 7) is 2.67. The smallest absolute Gasteiger partial charge is 0.175 e. The van der Waals surface area contributed by atoms with Crippen LogP contribution < -0.4 is 9.47 Å². The molecule has 0 N–H and O–H groups in total. The summed E-state index contributed by atoms with van der Waals surface area (Å²) in [5, 5.41) is 10.8. The molecular formula is C24H18BrCl2NO2. The van der Waals surface area contributed by atoms with Gasteiger partial charge in [-0.1, -0.05) is 59.6 Å². The Hall–Kier alpha value is -2.45. The molecule has 30 heavy (non-hydrogen) atoms. The molecule has 0 spiro atoms. The molecule has 0 aliphatic carbocycles. The van der Waals surface area contributed by atoms with Crippen molar-refractivity contribution in [3.05, 3.63) is 91.9 Å². The van der Waals surface area contributed by atoms with Crippen molar-refractivity contribution in [2.75, 3.05) is 6.61 Å². The molecule has 3 aromatic rings. The van der Waals surface area contributed by atoms with E-state index in [-0.39, 0.29) is 0 Å². The second kappa shape index (κ2) is 10.5. The van der Waals surface area contributed by atoms with Crippen molar-refractivity contribution < 1.29 is 9.47 Å². The van der Waals surface area contributed by atoms with Crippen molar-refractivity contribution in [2.24, 2.45) is 0 Å². The Kier molecular flexibility index (Phi) is 7.81. The zero-order valence-electron chi connectivity index (χ0n) is 16.2. The number of halogens is 3. The van der Waals surface area contributed by atoms with Crippen molar-refractivity contribution in [3.8, 4) is 17.6 Å². The van der Waals surface area contributed by atoms with Gasteiger partial charge in [0.05, 0.1) is 22.7 Å². The van der Waals surface area contributed by atoms with Gasteiger partial charge in [0.1, 0.15) is 6.61 Å². The molecule has 0 aliphatic rings. The topological polar surface area (TPSA) is 42.2 Å². The highest BCUT2D eigenvalue weighted by molar-refractivity contribution is 9.10. The van der Waals surface area contributed by atoms with E-state index in [0.717, 1.165) is 11.1 Å². The van der Waals surface area contributed by atoms with Crippen LogP contribution in [0.25, 0.3) is 11.6 Å². The molecule has 3 rings (SSSR count). The molecule has 3 nitrogen and oxygen atoms in total. The lowest BCUT2D eigenvalue weighted by atomic mass is 10.0. The molecule has 0 bridgehead atoms. The van der Waals surface area contributed by atoms with Crippen LogP contribution >= 0.6 is 39.1 Å². The number of allylic oxidation sites excluding steroid dienone is 1. The Labute approximate surface area is 194 Å². The van der Waals surface area contributed by atoms with Gasteiger partial charge in [-0.15, -0.1) is 0 Å². The summed E-state index contributed by atoms with van der Waals surface area (Å²) in [6.07, 6.45) is 1.77. The molecule has 0 radical (unpaired) electrons. The van der Waals surface area contributed by atoms with E-state index < -0.39 is 0 Å². The number of ether oxygens (including phenoxy) is 2. The normalized spacial score (nSPS) is 11.1. The van der Waals surface area contributed by atoms with Gasteiger partial charge in [-0.25, -0.2) is 0 Å². The zero-order valence-corrected chi connectivity index (χ0v) is 19.3. The third-order valence-electron chi connectivity index (χ3n) is 4.26. The lowest BCUT2D eigenvalue weighted by Gasteiger charge is -2.15. The fraction of sp³-hybridized carbons (Fsp3) is 0.125. The van der Waals surface area contributed by atoms with Gasteiger partial charge in [0.25, 0.3) is 0 Å². The maximum Gasteiger partial charge on any atom is 0.175 e. The standard InChI is InChI=1S/C24H18BrCl2NO2/c1-2-29-23-13-16(11-18(14-28)19-8-4-6-10-22(19)27)12-20(25)24(23)30-15-17-7-3-5-9-21(17)26/h3-13H,2,15H2,1H3. The fourth-order valence-electron chi connectivity index (χ4n) is 2.86. The van der Waals surface area contributed by atoms with Crippen LogP contribution in [-0.4, -0.2) is 6.61 Å². The third-order valence-corrected chi connectivity index (χ3v) is 5.54. The number of benzene rings is 3. The van der Waals surface area contributed by atoms with Gasteiger partial charge in [0, 0.05) is 21.2 Å². The Morgan fingerprint density at radius 2 is 1.73 bits per heavy atom. The number of nitrogens with zero attached hydrogens (tertiary/aromatic N) is 1. The SMILES string of the molecule is CCOc1cc(C=C(C#N)c2ccccc2Cl)cc(Br)c1OCc1ccccc1Cl. The average Bonchev–Trinajstić information content (AvgIpc) is 2.73. The lowest BCUT2D eigenvalue weighted by Crippen LogP contribution is -2.01. The maximum atomic E-state index is 9.64. The van der Waals surface area contributed by atoms with Gasteiger partial charge >= 0.3 is 0 Å². The van der Waals surface area contributed by atoms with E-state index in [4.69, 9.17) is 32.7 Å². The molecule has 6 heteroatoms. The fourth-order valence-corrected chi connectivity index (χ4v) is 3.86. The Morgan fingerprint density at radius 1 is 1.03 bits per heavy atom. The van der Waals surface area contributed by atoms with E-state index in [1.807, 2.05) is 61.5 Å². The predicted molar refractivity (Wildman–Crippen MR) is 126 cm³/mol. The molecule has 152 valence electrons. The monoisotopic (exact) mass is 501 g/mol. The van der Waals surface area contributed by atoms with Crippen LogP contribution in [0.4, 0.5) is 0 Å². The minimum atomic E-state index is 0.302. The van der Waals surface area contributed by atoms with E-state index in [1.165, 1.54) is 0 Å². The molecule has 0 aliphatic heterocycles. The number of hydrogen-bond acceptors (Lipinski definition) is 3. The number of rotatable bonds is 7. The first-order valence-corrected chi connectivity index (χ1v) is 10.8. The first kappa shape index (κ1) is 22.2. The Morgan fingerprint density at radius 3 is 2.40 bits per heavy atom. The Bertz CT molecular complexity index is 1120. The van der Waals surface area contributed by atoms with E-state index in [0.29, 0.717) is 50.4 Å². The maximum absolute atomic E-state index is 9.64. The molecule has 0 aromatic heterocycles. The quantitative estimate of drug-likeness (QED) is 0.244. The van der Waals surface area contributed by atoms with Gasteiger partial charge < -0.3 is 9.47 Å². The molecule has 0 heterocycles. The highest BCUT2D eigenvalue weighted by Gasteiger charge is 2.14. The van der Waals surface area contributed by atoms with Gasteiger partial charge in [-0.3, -0.25) is 0 Å². The second-order valence-corrected chi connectivity index (χ2v) is 7.96. The molecule has 0 saturated heterocycles. The summed E-state index contributed by atoms with van der Waals surface area (Å²) in [5.74, 6) is 1.15. The summed E-state index contributed by atoms with van der Waals surface area (Å²) in [5.41, 5.74) is 2.80. The van der Waals surface area contributed by atoms with Gasteiger partial charge in [0.15, 0.2) is 11.5 Å². The molecule has 0 unspecified atom stereocenters. The van der Waals surface area contributed by atoms with Crippen molar-refractivity contribution in [3.63, 3.8) is 0 Å². The van der Waals surface area contributed by atoms with Crippen molar-refractivity contribution in [1.29, 1.82) is 5.26 Å². The summed E-state index contributed by atoms with van der Waals surface area (Å²) in [4.78, 5) is 0. The van der Waals surface area contributed by atoms with Crippen molar-refractivity contribution >= 4 is 50.8 Å². The first-order valence-electron chi connectivity index (χ1n) is 9.22. The van der Waals surface area contributed by atoms with E-state index in [9.17, 15) is 5.26 Å². The van der Waals surface area contributed by atoms with E-state index in [2.05, 4.69) is 22.0 Å². The van der Waals surface area contributed by atoms with Crippen molar-refractivity contribution in [2.45, 2.75) is 13.5 Å². The summed E-state index contributed by atoms with van der Waals surface area (Å²) in [6, 6.07) is 20.7. The van der Waals surface area contributed by atoms with Crippen LogP contribution in [0.15, 0.2) is 65.1 Å². The molecule has 0 fully saturated rings. The van der Waals surface area contributed by atoms with Crippen LogP contribution in [0.5, 0.6) is 11.5 Å². The molecule has 0 atom stereocenters. The van der Waals surface area contributed by atoms with Crippen LogP contribution in [0, 0.1) is 11.3 Å². The predicted octanol–water partition coefficient (Wildman–Crippen LogP) is 7.80. The van der Waals surface area contributed by atoms with Gasteiger partial charge in [0.2, 0.25) is 0 Å². The minimum Gasteiger partial charge on any atom is -0.490 e.